The van der Waals surface area contributed by atoms with E-state index in [0.29, 0.717) is 21.0 Å². The van der Waals surface area contributed by atoms with Gasteiger partial charge in [0.15, 0.2) is 5.78 Å². The average Bonchev–Trinajstić information content (AvgIpc) is 3.47. The molecule has 2 aromatic carbocycles. The highest BCUT2D eigenvalue weighted by Crippen LogP contribution is 2.23. The molecule has 0 spiro atoms. The van der Waals surface area contributed by atoms with Gasteiger partial charge >= 0.3 is 0 Å². The van der Waals surface area contributed by atoms with Crippen LogP contribution in [0, 0.1) is 0 Å². The van der Waals surface area contributed by atoms with Crippen LogP contribution in [0.2, 0.25) is 0 Å². The van der Waals surface area contributed by atoms with E-state index < -0.39 is 11.8 Å². The molecule has 2 amide bonds. The molecule has 0 aliphatic rings. The van der Waals surface area contributed by atoms with Crippen molar-refractivity contribution in [1.29, 1.82) is 0 Å². The number of hydrogen-bond donors (Lipinski definition) is 2. The highest BCUT2D eigenvalue weighted by molar-refractivity contribution is 7.15. The van der Waals surface area contributed by atoms with Crippen LogP contribution in [0.4, 0.5) is 0 Å². The van der Waals surface area contributed by atoms with Gasteiger partial charge in [-0.1, -0.05) is 48.5 Å². The summed E-state index contributed by atoms with van der Waals surface area (Å²) in [6.07, 6.45) is 1.62. The van der Waals surface area contributed by atoms with Crippen LogP contribution in [0.15, 0.2) is 79.0 Å². The second kappa shape index (κ2) is 8.76. The number of hydrogen-bond acceptors (Lipinski definition) is 5. The lowest BCUT2D eigenvalue weighted by atomic mass is 10.1. The van der Waals surface area contributed by atoms with Crippen molar-refractivity contribution in [2.24, 2.45) is 0 Å². The summed E-state index contributed by atoms with van der Waals surface area (Å²) >= 11 is 1.07. The van der Waals surface area contributed by atoms with Crippen LogP contribution < -0.4 is 10.9 Å². The molecule has 4 rings (SSSR count). The molecule has 0 fully saturated rings. The summed E-state index contributed by atoms with van der Waals surface area (Å²) in [6.45, 7) is 1.44. The Morgan fingerprint density at radius 2 is 1.42 bits per heavy atom. The number of rotatable bonds is 5. The number of Topliss-reactive ketones (excluding diaryl/α,β-unsaturated/α-hetero) is 1. The van der Waals surface area contributed by atoms with Crippen LogP contribution in [0.3, 0.4) is 0 Å². The van der Waals surface area contributed by atoms with E-state index in [4.69, 9.17) is 0 Å². The van der Waals surface area contributed by atoms with Crippen LogP contribution in [0.25, 0.3) is 16.9 Å². The average molecular weight is 430 g/mol. The molecular weight excluding hydrogens is 412 g/mol. The fourth-order valence-electron chi connectivity index (χ4n) is 2.95. The Hall–Kier alpha value is -4.04. The van der Waals surface area contributed by atoms with E-state index in [2.05, 4.69) is 16.0 Å². The van der Waals surface area contributed by atoms with Gasteiger partial charge in [0.05, 0.1) is 21.0 Å². The zero-order chi connectivity index (χ0) is 21.8. The maximum atomic E-state index is 12.9. The van der Waals surface area contributed by atoms with E-state index in [9.17, 15) is 14.4 Å². The number of carbonyl (C=O) groups is 3. The quantitative estimate of drug-likeness (QED) is 0.371. The van der Waals surface area contributed by atoms with Gasteiger partial charge in [-0.3, -0.25) is 25.2 Å². The lowest BCUT2D eigenvalue weighted by Gasteiger charge is -2.06. The van der Waals surface area contributed by atoms with E-state index in [0.717, 1.165) is 22.6 Å². The summed E-state index contributed by atoms with van der Waals surface area (Å²) in [4.78, 5) is 37.5. The number of hydrazine groups is 1. The molecule has 0 saturated heterocycles. The lowest BCUT2D eigenvalue weighted by molar-refractivity contribution is 0.0849. The second-order valence-electron chi connectivity index (χ2n) is 6.67. The predicted octanol–water partition coefficient (Wildman–Crippen LogP) is 3.88. The van der Waals surface area contributed by atoms with Crippen molar-refractivity contribution in [1.82, 2.24) is 20.6 Å². The topological polar surface area (TPSA) is 93.1 Å². The van der Waals surface area contributed by atoms with Crippen LogP contribution in [-0.2, 0) is 0 Å². The molecule has 31 heavy (non-hydrogen) atoms. The van der Waals surface area contributed by atoms with Crippen molar-refractivity contribution < 1.29 is 14.4 Å². The van der Waals surface area contributed by atoms with Crippen LogP contribution >= 0.6 is 11.3 Å². The van der Waals surface area contributed by atoms with E-state index >= 15 is 0 Å². The highest BCUT2D eigenvalue weighted by Gasteiger charge is 2.20. The molecular formula is C23H18N4O3S. The first-order valence-corrected chi connectivity index (χ1v) is 10.3. The first-order valence-electron chi connectivity index (χ1n) is 9.45. The Balaban J connectivity index is 1.58. The van der Waals surface area contributed by atoms with Gasteiger partial charge in [-0.15, -0.1) is 11.3 Å². The number of amides is 2. The van der Waals surface area contributed by atoms with Gasteiger partial charge in [-0.25, -0.2) is 4.68 Å². The summed E-state index contributed by atoms with van der Waals surface area (Å²) < 4.78 is 1.62. The van der Waals surface area contributed by atoms with Crippen molar-refractivity contribution in [3.05, 3.63) is 94.3 Å². The summed E-state index contributed by atoms with van der Waals surface area (Å²) in [5.41, 5.74) is 7.22. The molecule has 0 radical (unpaired) electrons. The maximum absolute atomic E-state index is 12.9. The summed E-state index contributed by atoms with van der Waals surface area (Å²) in [5.74, 6) is -1.12. The fourth-order valence-corrected chi connectivity index (χ4v) is 3.75. The van der Waals surface area contributed by atoms with Crippen LogP contribution in [0.1, 0.15) is 36.6 Å². The molecule has 2 aromatic heterocycles. The minimum atomic E-state index is -0.502. The van der Waals surface area contributed by atoms with Crippen LogP contribution in [-0.4, -0.2) is 27.4 Å². The van der Waals surface area contributed by atoms with Gasteiger partial charge in [0.1, 0.15) is 5.69 Å². The minimum absolute atomic E-state index is 0.117. The number of ketones is 1. The highest BCUT2D eigenvalue weighted by atomic mass is 32.1. The standard InChI is InChI=1S/C23H18N4O3S/c1-15(28)19-12-13-20(31-19)23(30)25-24-22(29)18-14-27(17-10-6-3-7-11-17)26-21(18)16-8-4-2-5-9-16/h2-14H,1H3,(H,24,29)(H,25,30). The molecule has 0 bridgehead atoms. The molecule has 0 atom stereocenters. The normalized spacial score (nSPS) is 10.5. The number of nitrogens with one attached hydrogen (secondary N) is 2. The number of para-hydroxylation sites is 1. The molecule has 2 heterocycles. The van der Waals surface area contributed by atoms with Crippen molar-refractivity contribution in [3.63, 3.8) is 0 Å². The molecule has 7 nitrogen and oxygen atoms in total. The van der Waals surface area contributed by atoms with Gasteiger partial charge in [0.25, 0.3) is 11.8 Å². The van der Waals surface area contributed by atoms with Crippen molar-refractivity contribution in [3.8, 4) is 16.9 Å². The van der Waals surface area contributed by atoms with Gasteiger partial charge in [-0.05, 0) is 31.2 Å². The third-order valence-electron chi connectivity index (χ3n) is 4.49. The number of carbonyl (C=O) groups excluding carboxylic acids is 3. The first kappa shape index (κ1) is 20.2. The van der Waals surface area contributed by atoms with Gasteiger partial charge < -0.3 is 0 Å². The molecule has 0 aliphatic carbocycles. The number of aromatic nitrogens is 2. The molecule has 0 unspecified atom stereocenters. The van der Waals surface area contributed by atoms with Crippen molar-refractivity contribution >= 4 is 28.9 Å². The second-order valence-corrected chi connectivity index (χ2v) is 7.75. The largest absolute Gasteiger partial charge is 0.294 e. The first-order chi connectivity index (χ1) is 15.0. The van der Waals surface area contributed by atoms with Gasteiger partial charge in [0, 0.05) is 11.8 Å². The molecule has 2 N–H and O–H groups in total. The van der Waals surface area contributed by atoms with E-state index in [1.807, 2.05) is 60.7 Å². The predicted molar refractivity (Wildman–Crippen MR) is 118 cm³/mol. The number of nitrogens with zero attached hydrogens (tertiary/aromatic N) is 2. The third kappa shape index (κ3) is 4.44. The van der Waals surface area contributed by atoms with Gasteiger partial charge in [-0.2, -0.15) is 5.10 Å². The Bertz CT molecular complexity index is 1250. The van der Waals surface area contributed by atoms with Crippen molar-refractivity contribution in [2.45, 2.75) is 6.92 Å². The maximum Gasteiger partial charge on any atom is 0.279 e. The molecule has 8 heteroatoms. The SMILES string of the molecule is CC(=O)c1ccc(C(=O)NNC(=O)c2cn(-c3ccccc3)nc2-c2ccccc2)s1. The van der Waals surface area contributed by atoms with E-state index in [1.54, 1.807) is 23.0 Å². The molecule has 4 aromatic rings. The van der Waals surface area contributed by atoms with E-state index in [1.165, 1.54) is 6.92 Å². The number of thiophene rings is 1. The minimum Gasteiger partial charge on any atom is -0.294 e. The Kier molecular flexibility index (Phi) is 5.72. The number of benzene rings is 2. The van der Waals surface area contributed by atoms with Gasteiger partial charge in [0.2, 0.25) is 0 Å². The monoisotopic (exact) mass is 430 g/mol. The summed E-state index contributed by atoms with van der Waals surface area (Å²) in [6, 6.07) is 21.9. The molecule has 0 aliphatic heterocycles. The Labute approximate surface area is 182 Å². The Morgan fingerprint density at radius 1 is 0.806 bits per heavy atom. The van der Waals surface area contributed by atoms with Crippen LogP contribution in [0.5, 0.6) is 0 Å². The smallest absolute Gasteiger partial charge is 0.279 e. The molecule has 0 saturated carbocycles. The van der Waals surface area contributed by atoms with Crippen molar-refractivity contribution in [2.75, 3.05) is 0 Å². The molecule has 154 valence electrons. The summed E-state index contributed by atoms with van der Waals surface area (Å²) in [7, 11) is 0. The van der Waals surface area contributed by atoms with E-state index in [-0.39, 0.29) is 5.78 Å². The summed E-state index contributed by atoms with van der Waals surface area (Å²) in [5, 5.41) is 4.59. The Morgan fingerprint density at radius 3 is 2.06 bits per heavy atom. The fraction of sp³-hybridized carbons (Fsp3) is 0.0435. The lowest BCUT2D eigenvalue weighted by Crippen LogP contribution is -2.41. The zero-order valence-electron chi connectivity index (χ0n) is 16.5. The zero-order valence-corrected chi connectivity index (χ0v) is 17.3. The third-order valence-corrected chi connectivity index (χ3v) is 5.68.